The van der Waals surface area contributed by atoms with E-state index in [9.17, 15) is 13.6 Å². The van der Waals surface area contributed by atoms with Gasteiger partial charge in [0.15, 0.2) is 0 Å². The number of rotatable bonds is 3. The Morgan fingerprint density at radius 1 is 1.08 bits per heavy atom. The van der Waals surface area contributed by atoms with Crippen LogP contribution >= 0.6 is 0 Å². The Morgan fingerprint density at radius 3 is 2.35 bits per heavy atom. The minimum absolute atomic E-state index is 0.146. The second kappa shape index (κ2) is 7.62. The molecule has 0 aliphatic rings. The van der Waals surface area contributed by atoms with Crippen molar-refractivity contribution in [2.24, 2.45) is 7.05 Å². The van der Waals surface area contributed by atoms with Gasteiger partial charge in [-0.1, -0.05) is 11.8 Å². The van der Waals surface area contributed by atoms with E-state index in [1.165, 1.54) is 28.9 Å². The average molecular weight is 351 g/mol. The summed E-state index contributed by atoms with van der Waals surface area (Å²) in [5, 5.41) is 6.97. The topological polar surface area (TPSA) is 46.9 Å². The van der Waals surface area contributed by atoms with Crippen LogP contribution in [-0.4, -0.2) is 22.2 Å². The lowest BCUT2D eigenvalue weighted by molar-refractivity contribution is 0.0949. The van der Waals surface area contributed by atoms with Gasteiger partial charge in [-0.2, -0.15) is 5.10 Å². The lowest BCUT2D eigenvalue weighted by Gasteiger charge is -2.00. The maximum atomic E-state index is 13.0. The van der Waals surface area contributed by atoms with Crippen molar-refractivity contribution < 1.29 is 13.6 Å². The summed E-state index contributed by atoms with van der Waals surface area (Å²) in [4.78, 5) is 12.3. The summed E-state index contributed by atoms with van der Waals surface area (Å²) in [6, 6.07) is 13.3. The quantitative estimate of drug-likeness (QED) is 0.737. The lowest BCUT2D eigenvalue weighted by atomic mass is 10.1. The molecule has 0 aliphatic carbocycles. The Morgan fingerprint density at radius 2 is 1.69 bits per heavy atom. The molecular weight excluding hydrogens is 336 g/mol. The molecule has 4 nitrogen and oxygen atoms in total. The van der Waals surface area contributed by atoms with E-state index in [0.29, 0.717) is 17.0 Å². The third kappa shape index (κ3) is 4.14. The van der Waals surface area contributed by atoms with E-state index in [0.717, 1.165) is 5.56 Å². The van der Waals surface area contributed by atoms with Gasteiger partial charge in [0.25, 0.3) is 5.91 Å². The van der Waals surface area contributed by atoms with E-state index in [-0.39, 0.29) is 24.1 Å². The molecule has 0 saturated carbocycles. The first-order valence-corrected chi connectivity index (χ1v) is 7.85. The fourth-order valence-electron chi connectivity index (χ4n) is 2.34. The molecule has 0 atom stereocenters. The molecule has 0 spiro atoms. The van der Waals surface area contributed by atoms with Crippen LogP contribution in [0.5, 0.6) is 0 Å². The highest BCUT2D eigenvalue weighted by Gasteiger charge is 2.13. The second-order valence-corrected chi connectivity index (χ2v) is 5.54. The third-order valence-corrected chi connectivity index (χ3v) is 3.67. The molecule has 0 unspecified atom stereocenters. The van der Waals surface area contributed by atoms with Crippen molar-refractivity contribution in [1.29, 1.82) is 0 Å². The van der Waals surface area contributed by atoms with E-state index in [1.54, 1.807) is 37.4 Å². The first-order valence-electron chi connectivity index (χ1n) is 7.85. The van der Waals surface area contributed by atoms with Crippen LogP contribution in [0.2, 0.25) is 0 Å². The van der Waals surface area contributed by atoms with Gasteiger partial charge in [-0.3, -0.25) is 9.48 Å². The first kappa shape index (κ1) is 17.4. The molecule has 2 aromatic carbocycles. The van der Waals surface area contributed by atoms with Crippen LogP contribution in [0.15, 0.2) is 54.6 Å². The molecule has 0 saturated heterocycles. The van der Waals surface area contributed by atoms with Gasteiger partial charge in [-0.05, 0) is 54.6 Å². The summed E-state index contributed by atoms with van der Waals surface area (Å²) < 4.78 is 27.3. The predicted octanol–water partition coefficient (Wildman–Crippen LogP) is 3.15. The monoisotopic (exact) mass is 351 g/mol. The molecule has 1 amide bonds. The number of nitrogens with one attached hydrogen (secondary N) is 1. The Labute approximate surface area is 149 Å². The summed E-state index contributed by atoms with van der Waals surface area (Å²) in [6.07, 6.45) is 0. The number of aromatic nitrogens is 2. The Bertz CT molecular complexity index is 981. The number of aryl methyl sites for hydroxylation is 1. The van der Waals surface area contributed by atoms with Gasteiger partial charge in [0.05, 0.1) is 12.2 Å². The predicted molar refractivity (Wildman–Crippen MR) is 94.2 cm³/mol. The van der Waals surface area contributed by atoms with Crippen LogP contribution in [0.25, 0.3) is 11.3 Å². The van der Waals surface area contributed by atoms with Gasteiger partial charge < -0.3 is 5.32 Å². The molecule has 1 aromatic heterocycles. The van der Waals surface area contributed by atoms with Gasteiger partial charge in [0.1, 0.15) is 17.3 Å². The maximum Gasteiger partial charge on any atom is 0.270 e. The largest absolute Gasteiger partial charge is 0.340 e. The van der Waals surface area contributed by atoms with E-state index in [1.807, 2.05) is 0 Å². The zero-order valence-corrected chi connectivity index (χ0v) is 14.0. The number of hydrogen-bond acceptors (Lipinski definition) is 2. The molecule has 3 aromatic rings. The molecule has 130 valence electrons. The van der Waals surface area contributed by atoms with Crippen molar-refractivity contribution in [2.45, 2.75) is 0 Å². The first-order chi connectivity index (χ1) is 12.5. The van der Waals surface area contributed by atoms with Crippen molar-refractivity contribution >= 4 is 5.91 Å². The number of hydrogen-bond donors (Lipinski definition) is 1. The number of amides is 1. The van der Waals surface area contributed by atoms with Crippen molar-refractivity contribution in [3.05, 3.63) is 77.5 Å². The van der Waals surface area contributed by atoms with Crippen LogP contribution in [0.3, 0.4) is 0 Å². The summed E-state index contributed by atoms with van der Waals surface area (Å²) in [5.74, 6) is 4.68. The van der Waals surface area contributed by atoms with Crippen LogP contribution in [0, 0.1) is 23.5 Å². The lowest BCUT2D eigenvalue weighted by Crippen LogP contribution is -2.25. The number of carbonyl (C=O) groups excluding carboxylic acids is 1. The van der Waals surface area contributed by atoms with Crippen LogP contribution in [0.4, 0.5) is 8.78 Å². The van der Waals surface area contributed by atoms with Crippen LogP contribution in [-0.2, 0) is 7.05 Å². The van der Waals surface area contributed by atoms with Crippen molar-refractivity contribution in [3.63, 3.8) is 0 Å². The molecule has 26 heavy (non-hydrogen) atoms. The van der Waals surface area contributed by atoms with Crippen LogP contribution in [0.1, 0.15) is 16.1 Å². The molecule has 6 heteroatoms. The highest BCUT2D eigenvalue weighted by atomic mass is 19.1. The van der Waals surface area contributed by atoms with Gasteiger partial charge in [-0.15, -0.1) is 0 Å². The summed E-state index contributed by atoms with van der Waals surface area (Å²) >= 11 is 0. The van der Waals surface area contributed by atoms with Gasteiger partial charge >= 0.3 is 0 Å². The standard InChI is InChI=1S/C20H15F2N3O/c1-25-19(13-18(24-25)15-6-10-17(22)11-7-15)20(26)23-12-2-3-14-4-8-16(21)9-5-14/h4-11,13H,12H2,1H3,(H,23,26). The molecular formula is C20H15F2N3O. The van der Waals surface area contributed by atoms with E-state index in [4.69, 9.17) is 0 Å². The maximum absolute atomic E-state index is 13.0. The third-order valence-electron chi connectivity index (χ3n) is 3.67. The Balaban J connectivity index is 1.65. The SMILES string of the molecule is Cn1nc(-c2ccc(F)cc2)cc1C(=O)NCC#Cc1ccc(F)cc1. The van der Waals surface area contributed by atoms with Crippen LogP contribution < -0.4 is 5.32 Å². The fourth-order valence-corrected chi connectivity index (χ4v) is 2.34. The molecule has 0 bridgehead atoms. The number of nitrogens with zero attached hydrogens (tertiary/aromatic N) is 2. The zero-order chi connectivity index (χ0) is 18.5. The van der Waals surface area contributed by atoms with Gasteiger partial charge in [0.2, 0.25) is 0 Å². The highest BCUT2D eigenvalue weighted by molar-refractivity contribution is 5.93. The van der Waals surface area contributed by atoms with Crippen molar-refractivity contribution in [3.8, 4) is 23.1 Å². The number of benzene rings is 2. The Kier molecular flexibility index (Phi) is 5.09. The summed E-state index contributed by atoms with van der Waals surface area (Å²) in [7, 11) is 1.66. The average Bonchev–Trinajstić information content (AvgIpc) is 3.02. The zero-order valence-electron chi connectivity index (χ0n) is 14.0. The molecule has 1 heterocycles. The highest BCUT2D eigenvalue weighted by Crippen LogP contribution is 2.19. The minimum Gasteiger partial charge on any atom is -0.340 e. The number of carbonyl (C=O) groups is 1. The van der Waals surface area contributed by atoms with Crippen molar-refractivity contribution in [1.82, 2.24) is 15.1 Å². The van der Waals surface area contributed by atoms with E-state index in [2.05, 4.69) is 22.3 Å². The second-order valence-electron chi connectivity index (χ2n) is 5.54. The van der Waals surface area contributed by atoms with E-state index >= 15 is 0 Å². The number of halogens is 2. The molecule has 0 fully saturated rings. The Hall–Kier alpha value is -3.46. The van der Waals surface area contributed by atoms with Crippen molar-refractivity contribution in [2.75, 3.05) is 6.54 Å². The molecule has 0 aliphatic heterocycles. The normalized spacial score (nSPS) is 10.1. The summed E-state index contributed by atoms with van der Waals surface area (Å²) in [6.45, 7) is 0.146. The summed E-state index contributed by atoms with van der Waals surface area (Å²) in [5.41, 5.74) is 2.33. The van der Waals surface area contributed by atoms with Gasteiger partial charge in [-0.25, -0.2) is 8.78 Å². The fraction of sp³-hybridized carbons (Fsp3) is 0.100. The molecule has 1 N–H and O–H groups in total. The van der Waals surface area contributed by atoms with E-state index < -0.39 is 0 Å². The van der Waals surface area contributed by atoms with Gasteiger partial charge in [0, 0.05) is 18.2 Å². The molecule has 3 rings (SSSR count). The molecule has 0 radical (unpaired) electrons. The minimum atomic E-state index is -0.331. The smallest absolute Gasteiger partial charge is 0.270 e.